The van der Waals surface area contributed by atoms with Crippen LogP contribution in [0.1, 0.15) is 6.42 Å². The van der Waals surface area contributed by atoms with E-state index in [9.17, 15) is 4.79 Å². The van der Waals surface area contributed by atoms with E-state index in [2.05, 4.69) is 5.32 Å². The van der Waals surface area contributed by atoms with Gasteiger partial charge in [-0.05, 0) is 23.9 Å². The predicted molar refractivity (Wildman–Crippen MR) is 95.9 cm³/mol. The Labute approximate surface area is 144 Å². The summed E-state index contributed by atoms with van der Waals surface area (Å²) in [5, 5.41) is 14.9. The Hall–Kier alpha value is -1.49. The zero-order chi connectivity index (χ0) is 16.2. The summed E-state index contributed by atoms with van der Waals surface area (Å²) in [6, 6.07) is 11.8. The molecule has 23 heavy (non-hydrogen) atoms. The molecule has 0 saturated carbocycles. The first-order chi connectivity index (χ1) is 11.2. The average Bonchev–Trinajstić information content (AvgIpc) is 3.00. The fourth-order valence-corrected chi connectivity index (χ4v) is 4.05. The first kappa shape index (κ1) is 16.4. The minimum Gasteiger partial charge on any atom is -0.396 e. The Morgan fingerprint density at radius 1 is 1.26 bits per heavy atom. The van der Waals surface area contributed by atoms with Gasteiger partial charge in [0.15, 0.2) is 0 Å². The number of benzene rings is 2. The Balaban J connectivity index is 1.63. The standard InChI is InChI=1S/C18H18ClNO2S/c19-15-5-1-3-13-4-2-6-16(18(13)15)23-11-17(22)20-14-8-7-12(9-14)10-21/h1-8,12,14,21H,9-11H2,(H,20,22)/t12-,14+/m0/s1. The maximum atomic E-state index is 12.1. The van der Waals surface area contributed by atoms with E-state index < -0.39 is 0 Å². The molecule has 0 fully saturated rings. The number of fused-ring (bicyclic) bond motifs is 1. The van der Waals surface area contributed by atoms with Crippen LogP contribution >= 0.6 is 23.4 Å². The average molecular weight is 348 g/mol. The molecule has 0 heterocycles. The fourth-order valence-electron chi connectivity index (χ4n) is 2.79. The molecule has 0 spiro atoms. The third-order valence-corrected chi connectivity index (χ3v) is 5.30. The zero-order valence-corrected chi connectivity index (χ0v) is 14.1. The van der Waals surface area contributed by atoms with Crippen LogP contribution in [0.5, 0.6) is 0 Å². The number of amides is 1. The van der Waals surface area contributed by atoms with Crippen molar-refractivity contribution in [3.8, 4) is 0 Å². The second kappa shape index (κ2) is 7.39. The van der Waals surface area contributed by atoms with Gasteiger partial charge in [0.25, 0.3) is 0 Å². The van der Waals surface area contributed by atoms with Gasteiger partial charge in [0, 0.05) is 33.9 Å². The van der Waals surface area contributed by atoms with Crippen molar-refractivity contribution in [2.24, 2.45) is 5.92 Å². The number of hydrogen-bond donors (Lipinski definition) is 2. The van der Waals surface area contributed by atoms with Gasteiger partial charge in [0.05, 0.1) is 5.75 Å². The number of carbonyl (C=O) groups is 1. The molecule has 2 aromatic rings. The van der Waals surface area contributed by atoms with Crippen molar-refractivity contribution in [2.75, 3.05) is 12.4 Å². The molecule has 2 aromatic carbocycles. The molecular formula is C18H18ClNO2S. The molecule has 2 atom stereocenters. The molecule has 1 amide bonds. The van der Waals surface area contributed by atoms with Crippen LogP contribution < -0.4 is 5.32 Å². The Bertz CT molecular complexity index is 742. The van der Waals surface area contributed by atoms with E-state index in [4.69, 9.17) is 16.7 Å². The lowest BCUT2D eigenvalue weighted by molar-refractivity contribution is -0.119. The first-order valence-electron chi connectivity index (χ1n) is 7.56. The lowest BCUT2D eigenvalue weighted by Gasteiger charge is -2.13. The Morgan fingerprint density at radius 3 is 2.78 bits per heavy atom. The largest absolute Gasteiger partial charge is 0.396 e. The van der Waals surface area contributed by atoms with Gasteiger partial charge in [-0.25, -0.2) is 0 Å². The zero-order valence-electron chi connectivity index (χ0n) is 12.5. The van der Waals surface area contributed by atoms with Crippen molar-refractivity contribution in [1.29, 1.82) is 0 Å². The van der Waals surface area contributed by atoms with Gasteiger partial charge in [-0.2, -0.15) is 0 Å². The highest BCUT2D eigenvalue weighted by molar-refractivity contribution is 8.00. The number of hydrogen-bond acceptors (Lipinski definition) is 3. The predicted octanol–water partition coefficient (Wildman–Crippen LogP) is 3.64. The minimum atomic E-state index is -0.00713. The highest BCUT2D eigenvalue weighted by Crippen LogP contribution is 2.33. The van der Waals surface area contributed by atoms with Crippen molar-refractivity contribution in [1.82, 2.24) is 5.32 Å². The van der Waals surface area contributed by atoms with Gasteiger partial charge in [0.2, 0.25) is 5.91 Å². The van der Waals surface area contributed by atoms with Gasteiger partial charge in [-0.3, -0.25) is 4.79 Å². The second-order valence-electron chi connectivity index (χ2n) is 5.62. The van der Waals surface area contributed by atoms with Crippen molar-refractivity contribution < 1.29 is 9.90 Å². The SMILES string of the molecule is O=C(CSc1cccc2cccc(Cl)c12)N[C@@H]1C=C[C@H](CO)C1. The monoisotopic (exact) mass is 347 g/mol. The molecule has 0 bridgehead atoms. The lowest BCUT2D eigenvalue weighted by atomic mass is 10.1. The normalized spacial score (nSPS) is 20.1. The molecule has 5 heteroatoms. The van der Waals surface area contributed by atoms with E-state index >= 15 is 0 Å². The third-order valence-electron chi connectivity index (χ3n) is 3.93. The van der Waals surface area contributed by atoms with Crippen molar-refractivity contribution >= 4 is 40.0 Å². The lowest BCUT2D eigenvalue weighted by Crippen LogP contribution is -2.34. The summed E-state index contributed by atoms with van der Waals surface area (Å²) in [5.74, 6) is 0.496. The highest BCUT2D eigenvalue weighted by atomic mass is 35.5. The number of halogens is 1. The third kappa shape index (κ3) is 3.89. The van der Waals surface area contributed by atoms with E-state index in [1.165, 1.54) is 11.8 Å². The van der Waals surface area contributed by atoms with Gasteiger partial charge < -0.3 is 10.4 Å². The van der Waals surface area contributed by atoms with E-state index in [1.54, 1.807) is 0 Å². The van der Waals surface area contributed by atoms with E-state index in [0.717, 1.165) is 22.1 Å². The minimum absolute atomic E-state index is 0.00713. The molecule has 120 valence electrons. The fraction of sp³-hybridized carbons (Fsp3) is 0.278. The number of nitrogens with one attached hydrogen (secondary N) is 1. The van der Waals surface area contributed by atoms with Gasteiger partial charge in [-0.15, -0.1) is 11.8 Å². The van der Waals surface area contributed by atoms with Crippen molar-refractivity contribution in [3.63, 3.8) is 0 Å². The molecule has 0 unspecified atom stereocenters. The van der Waals surface area contributed by atoms with E-state index in [0.29, 0.717) is 10.8 Å². The summed E-state index contributed by atoms with van der Waals surface area (Å²) in [7, 11) is 0. The van der Waals surface area contributed by atoms with Crippen LogP contribution in [0.4, 0.5) is 0 Å². The molecule has 3 rings (SSSR count). The van der Waals surface area contributed by atoms with Crippen LogP contribution in [0.15, 0.2) is 53.4 Å². The number of carbonyl (C=O) groups excluding carboxylic acids is 1. The molecule has 1 aliphatic carbocycles. The smallest absolute Gasteiger partial charge is 0.230 e. The molecule has 0 saturated heterocycles. The summed E-state index contributed by atoms with van der Waals surface area (Å²) in [4.78, 5) is 13.1. The van der Waals surface area contributed by atoms with E-state index in [1.807, 2.05) is 48.6 Å². The maximum absolute atomic E-state index is 12.1. The summed E-state index contributed by atoms with van der Waals surface area (Å²) >= 11 is 7.79. The Kier molecular flexibility index (Phi) is 5.26. The van der Waals surface area contributed by atoms with E-state index in [-0.39, 0.29) is 24.5 Å². The number of aliphatic hydroxyl groups excluding tert-OH is 1. The summed E-state index contributed by atoms with van der Waals surface area (Å²) in [6.07, 6.45) is 4.69. The molecule has 1 aliphatic rings. The molecule has 0 aliphatic heterocycles. The quantitative estimate of drug-likeness (QED) is 0.641. The summed E-state index contributed by atoms with van der Waals surface area (Å²) in [5.41, 5.74) is 0. The molecular weight excluding hydrogens is 330 g/mol. The molecule has 3 nitrogen and oxygen atoms in total. The molecule has 0 aromatic heterocycles. The van der Waals surface area contributed by atoms with Gasteiger partial charge >= 0.3 is 0 Å². The van der Waals surface area contributed by atoms with Crippen LogP contribution in [-0.2, 0) is 4.79 Å². The summed E-state index contributed by atoms with van der Waals surface area (Å²) in [6.45, 7) is 0.131. The second-order valence-corrected chi connectivity index (χ2v) is 7.04. The number of thioether (sulfide) groups is 1. The van der Waals surface area contributed by atoms with Crippen LogP contribution in [0, 0.1) is 5.92 Å². The maximum Gasteiger partial charge on any atom is 0.230 e. The number of rotatable bonds is 5. The van der Waals surface area contributed by atoms with Crippen LogP contribution in [-0.4, -0.2) is 29.4 Å². The van der Waals surface area contributed by atoms with Crippen LogP contribution in [0.3, 0.4) is 0 Å². The summed E-state index contributed by atoms with van der Waals surface area (Å²) < 4.78 is 0. The first-order valence-corrected chi connectivity index (χ1v) is 8.92. The highest BCUT2D eigenvalue weighted by Gasteiger charge is 2.19. The van der Waals surface area contributed by atoms with Gasteiger partial charge in [0.1, 0.15) is 0 Å². The van der Waals surface area contributed by atoms with Gasteiger partial charge in [-0.1, -0.05) is 48.0 Å². The topological polar surface area (TPSA) is 49.3 Å². The van der Waals surface area contributed by atoms with Crippen LogP contribution in [0.25, 0.3) is 10.8 Å². The van der Waals surface area contributed by atoms with Crippen molar-refractivity contribution in [2.45, 2.75) is 17.4 Å². The number of aliphatic hydroxyl groups is 1. The molecule has 2 N–H and O–H groups in total. The Morgan fingerprint density at radius 2 is 2.04 bits per heavy atom. The van der Waals surface area contributed by atoms with Crippen LogP contribution in [0.2, 0.25) is 5.02 Å². The van der Waals surface area contributed by atoms with Crippen molar-refractivity contribution in [3.05, 3.63) is 53.6 Å². The molecule has 0 radical (unpaired) electrons.